The van der Waals surface area contributed by atoms with E-state index < -0.39 is 0 Å². The van der Waals surface area contributed by atoms with Crippen molar-refractivity contribution < 1.29 is 9.21 Å². The number of hydrogen-bond donors (Lipinski definition) is 0. The van der Waals surface area contributed by atoms with E-state index in [1.54, 1.807) is 34.9 Å². The van der Waals surface area contributed by atoms with Crippen LogP contribution in [0.2, 0.25) is 0 Å². The van der Waals surface area contributed by atoms with Crippen LogP contribution in [-0.2, 0) is 11.3 Å². The van der Waals surface area contributed by atoms with Gasteiger partial charge in [-0.3, -0.25) is 14.0 Å². The molecule has 0 saturated heterocycles. The third-order valence-corrected chi connectivity index (χ3v) is 6.85. The van der Waals surface area contributed by atoms with Crippen molar-refractivity contribution in [2.24, 2.45) is 0 Å². The van der Waals surface area contributed by atoms with Crippen LogP contribution in [0.3, 0.4) is 0 Å². The van der Waals surface area contributed by atoms with Crippen molar-refractivity contribution in [1.82, 2.24) is 24.1 Å². The van der Waals surface area contributed by atoms with Crippen molar-refractivity contribution >= 4 is 34.3 Å². The van der Waals surface area contributed by atoms with Gasteiger partial charge in [-0.2, -0.15) is 0 Å². The number of carbonyl (C=O) groups is 1. The minimum absolute atomic E-state index is 0.0645. The molecule has 0 fully saturated rings. The average Bonchev–Trinajstić information content (AvgIpc) is 3.50. The average molecular weight is 474 g/mol. The van der Waals surface area contributed by atoms with Crippen LogP contribution in [0.1, 0.15) is 16.9 Å². The molecule has 172 valence electrons. The van der Waals surface area contributed by atoms with Crippen LogP contribution in [0.4, 0.5) is 0 Å². The van der Waals surface area contributed by atoms with Gasteiger partial charge in [0.15, 0.2) is 5.16 Å². The molecule has 0 spiro atoms. The van der Waals surface area contributed by atoms with E-state index in [2.05, 4.69) is 10.2 Å². The SMILES string of the molecule is Cc1cccc(-n2c(=O)c3ccccc3n3c(SCC(=O)N(C)Cc4ccco4)nnc23)c1C. The van der Waals surface area contributed by atoms with E-state index in [1.165, 1.54) is 11.8 Å². The van der Waals surface area contributed by atoms with Crippen LogP contribution < -0.4 is 5.56 Å². The van der Waals surface area contributed by atoms with Crippen LogP contribution in [0.25, 0.3) is 22.4 Å². The second-order valence-electron chi connectivity index (χ2n) is 8.11. The Morgan fingerprint density at radius 3 is 2.68 bits per heavy atom. The molecular weight excluding hydrogens is 450 g/mol. The first-order chi connectivity index (χ1) is 16.5. The van der Waals surface area contributed by atoms with Crippen molar-refractivity contribution in [2.75, 3.05) is 12.8 Å². The summed E-state index contributed by atoms with van der Waals surface area (Å²) in [6.45, 7) is 4.39. The number of amides is 1. The summed E-state index contributed by atoms with van der Waals surface area (Å²) >= 11 is 1.29. The normalized spacial score (nSPS) is 11.4. The van der Waals surface area contributed by atoms with E-state index in [0.717, 1.165) is 22.6 Å². The number of hydrogen-bond acceptors (Lipinski definition) is 6. The van der Waals surface area contributed by atoms with Gasteiger partial charge < -0.3 is 9.32 Å². The van der Waals surface area contributed by atoms with Crippen LogP contribution in [0.15, 0.2) is 75.2 Å². The number of aryl methyl sites for hydroxylation is 1. The maximum atomic E-state index is 13.5. The van der Waals surface area contributed by atoms with Gasteiger partial charge in [0.25, 0.3) is 5.56 Å². The van der Waals surface area contributed by atoms with E-state index in [4.69, 9.17) is 4.42 Å². The van der Waals surface area contributed by atoms with Gasteiger partial charge >= 0.3 is 0 Å². The molecule has 1 amide bonds. The van der Waals surface area contributed by atoms with Crippen molar-refractivity contribution in [3.8, 4) is 5.69 Å². The summed E-state index contributed by atoms with van der Waals surface area (Å²) in [5.74, 6) is 1.24. The molecule has 3 aromatic heterocycles. The highest BCUT2D eigenvalue weighted by Gasteiger charge is 2.20. The first kappa shape index (κ1) is 22.0. The van der Waals surface area contributed by atoms with Crippen LogP contribution in [0.5, 0.6) is 0 Å². The summed E-state index contributed by atoms with van der Waals surface area (Å²) in [4.78, 5) is 27.9. The molecule has 8 nitrogen and oxygen atoms in total. The van der Waals surface area contributed by atoms with Gasteiger partial charge in [-0.1, -0.05) is 36.0 Å². The van der Waals surface area contributed by atoms with Crippen LogP contribution >= 0.6 is 11.8 Å². The lowest BCUT2D eigenvalue weighted by Crippen LogP contribution is -2.27. The van der Waals surface area contributed by atoms with Crippen molar-refractivity contribution in [2.45, 2.75) is 25.5 Å². The molecule has 0 aliphatic heterocycles. The Hall–Kier alpha value is -3.85. The highest BCUT2D eigenvalue weighted by Crippen LogP contribution is 2.25. The third kappa shape index (κ3) is 3.77. The molecule has 0 radical (unpaired) electrons. The summed E-state index contributed by atoms with van der Waals surface area (Å²) in [5.41, 5.74) is 3.38. The number of carbonyl (C=O) groups excluding carboxylic acids is 1. The Bertz CT molecular complexity index is 1570. The van der Waals surface area contributed by atoms with Gasteiger partial charge in [0, 0.05) is 7.05 Å². The topological polar surface area (TPSA) is 85.6 Å². The van der Waals surface area contributed by atoms with E-state index >= 15 is 0 Å². The summed E-state index contributed by atoms with van der Waals surface area (Å²) in [5, 5.41) is 9.84. The molecule has 5 aromatic rings. The Morgan fingerprint density at radius 2 is 1.88 bits per heavy atom. The minimum Gasteiger partial charge on any atom is -0.467 e. The number of thioether (sulfide) groups is 1. The second-order valence-corrected chi connectivity index (χ2v) is 9.06. The van der Waals surface area contributed by atoms with E-state index in [9.17, 15) is 9.59 Å². The van der Waals surface area contributed by atoms with Crippen molar-refractivity contribution in [1.29, 1.82) is 0 Å². The lowest BCUT2D eigenvalue weighted by Gasteiger charge is -2.16. The van der Waals surface area contributed by atoms with E-state index in [1.807, 2.05) is 60.7 Å². The molecule has 5 rings (SSSR count). The molecule has 3 heterocycles. The van der Waals surface area contributed by atoms with Crippen LogP contribution in [0, 0.1) is 13.8 Å². The zero-order valence-corrected chi connectivity index (χ0v) is 19.9. The minimum atomic E-state index is -0.157. The third-order valence-electron chi connectivity index (χ3n) is 5.94. The van der Waals surface area contributed by atoms with Crippen LogP contribution in [-0.4, -0.2) is 42.8 Å². The molecular formula is C25H23N5O3S. The zero-order valence-electron chi connectivity index (χ0n) is 19.1. The Labute approximate surface area is 199 Å². The lowest BCUT2D eigenvalue weighted by molar-refractivity contribution is -0.127. The molecule has 0 aliphatic carbocycles. The van der Waals surface area contributed by atoms with Gasteiger partial charge in [0.2, 0.25) is 11.7 Å². The van der Waals surface area contributed by atoms with Gasteiger partial charge in [-0.05, 0) is 55.3 Å². The van der Waals surface area contributed by atoms with Gasteiger partial charge in [0.1, 0.15) is 5.76 Å². The van der Waals surface area contributed by atoms with E-state index in [-0.39, 0.29) is 17.2 Å². The van der Waals surface area contributed by atoms with Crippen molar-refractivity contribution in [3.63, 3.8) is 0 Å². The largest absolute Gasteiger partial charge is 0.467 e. The molecule has 0 atom stereocenters. The number of furan rings is 1. The van der Waals surface area contributed by atoms with Crippen molar-refractivity contribution in [3.05, 3.63) is 88.1 Å². The monoisotopic (exact) mass is 473 g/mol. The maximum absolute atomic E-state index is 13.5. The predicted molar refractivity (Wildman–Crippen MR) is 131 cm³/mol. The van der Waals surface area contributed by atoms with Gasteiger partial charge in [0.05, 0.1) is 35.2 Å². The molecule has 0 unspecified atom stereocenters. The highest BCUT2D eigenvalue weighted by atomic mass is 32.2. The fraction of sp³-hybridized carbons (Fsp3) is 0.200. The molecule has 0 saturated carbocycles. The lowest BCUT2D eigenvalue weighted by atomic mass is 10.1. The molecule has 0 aliphatic rings. The number of benzene rings is 2. The Balaban J connectivity index is 1.57. The predicted octanol–water partition coefficient (Wildman–Crippen LogP) is 3.99. The summed E-state index contributed by atoms with van der Waals surface area (Å²) in [7, 11) is 1.74. The number of para-hydroxylation sites is 1. The van der Waals surface area contributed by atoms with Gasteiger partial charge in [-0.15, -0.1) is 10.2 Å². The molecule has 2 aromatic carbocycles. The zero-order chi connectivity index (χ0) is 23.8. The number of aromatic nitrogens is 4. The standard InChI is InChI=1S/C25H23N5O3S/c1-16-8-6-12-20(17(16)2)29-23(32)19-10-4-5-11-21(19)30-24(29)26-27-25(30)34-15-22(31)28(3)14-18-9-7-13-33-18/h4-13H,14-15H2,1-3H3. The Kier molecular flexibility index (Phi) is 5.70. The first-order valence-electron chi connectivity index (χ1n) is 10.8. The fourth-order valence-electron chi connectivity index (χ4n) is 3.93. The first-order valence-corrected chi connectivity index (χ1v) is 11.8. The maximum Gasteiger partial charge on any atom is 0.267 e. The quantitative estimate of drug-likeness (QED) is 0.347. The fourth-order valence-corrected chi connectivity index (χ4v) is 4.81. The van der Waals surface area contributed by atoms with E-state index in [0.29, 0.717) is 28.4 Å². The smallest absolute Gasteiger partial charge is 0.267 e. The summed E-state index contributed by atoms with van der Waals surface area (Å²) in [6, 6.07) is 16.9. The molecule has 0 N–H and O–H groups in total. The number of rotatable bonds is 6. The molecule has 9 heteroatoms. The Morgan fingerprint density at radius 1 is 1.06 bits per heavy atom. The molecule has 0 bridgehead atoms. The molecule has 34 heavy (non-hydrogen) atoms. The highest BCUT2D eigenvalue weighted by molar-refractivity contribution is 7.99. The summed E-state index contributed by atoms with van der Waals surface area (Å²) in [6.07, 6.45) is 1.59. The number of fused-ring (bicyclic) bond motifs is 3. The second kappa shape index (κ2) is 8.83. The summed E-state index contributed by atoms with van der Waals surface area (Å²) < 4.78 is 8.79. The number of nitrogens with zero attached hydrogens (tertiary/aromatic N) is 5. The van der Waals surface area contributed by atoms with Gasteiger partial charge in [-0.25, -0.2) is 4.57 Å².